The van der Waals surface area contributed by atoms with Crippen molar-refractivity contribution in [1.82, 2.24) is 15.5 Å². The van der Waals surface area contributed by atoms with Crippen LogP contribution in [0, 0.1) is 23.0 Å². The third-order valence-electron chi connectivity index (χ3n) is 7.56. The average molecular weight is 608 g/mol. The maximum Gasteiger partial charge on any atom is 0.389 e. The fraction of sp³-hybridized carbons (Fsp3) is 0.593. The monoisotopic (exact) mass is 607 g/mol. The van der Waals surface area contributed by atoms with Crippen molar-refractivity contribution in [3.05, 3.63) is 48.1 Å². The quantitative estimate of drug-likeness (QED) is 0.204. The van der Waals surface area contributed by atoms with E-state index in [-0.39, 0.29) is 19.4 Å². The Labute approximate surface area is 235 Å². The Kier molecular flexibility index (Phi) is 9.44. The smallest absolute Gasteiger partial charge is 0.344 e. The first-order valence-electron chi connectivity index (χ1n) is 13.2. The van der Waals surface area contributed by atoms with Gasteiger partial charge in [-0.15, -0.1) is 6.58 Å². The van der Waals surface area contributed by atoms with Crippen LogP contribution in [-0.4, -0.2) is 57.6 Å². The highest BCUT2D eigenvalue weighted by Crippen LogP contribution is 2.71. The van der Waals surface area contributed by atoms with E-state index in [2.05, 4.69) is 17.2 Å². The van der Waals surface area contributed by atoms with Crippen LogP contribution in [0.5, 0.6) is 0 Å². The average Bonchev–Trinajstić information content (AvgIpc) is 3.35. The summed E-state index contributed by atoms with van der Waals surface area (Å²) in [6.45, 7) is 8.57. The predicted molar refractivity (Wildman–Crippen MR) is 140 cm³/mol. The van der Waals surface area contributed by atoms with Crippen LogP contribution in [0.15, 0.2) is 30.9 Å². The molecule has 1 heterocycles. The number of nitrogens with one attached hydrogen (secondary N) is 2. The molecule has 1 aromatic carbocycles. The van der Waals surface area contributed by atoms with Crippen LogP contribution in [0.3, 0.4) is 0 Å². The van der Waals surface area contributed by atoms with Gasteiger partial charge in [0.1, 0.15) is 29.0 Å². The minimum absolute atomic E-state index is 0.00731. The summed E-state index contributed by atoms with van der Waals surface area (Å²) in [5, 5.41) is 3.21. The van der Waals surface area contributed by atoms with E-state index in [1.54, 1.807) is 20.8 Å². The number of hydrogen-bond acceptors (Lipinski definition) is 4. The zero-order chi connectivity index (χ0) is 31.0. The van der Waals surface area contributed by atoms with Crippen molar-refractivity contribution in [2.75, 3.05) is 6.54 Å². The molecule has 1 unspecified atom stereocenters. The molecule has 3 rings (SSSR count). The maximum atomic E-state index is 14.3. The molecule has 3 amide bonds. The number of carbonyl (C=O) groups is 3. The van der Waals surface area contributed by atoms with Crippen molar-refractivity contribution in [2.45, 2.75) is 82.6 Å². The molecule has 14 heteroatoms. The van der Waals surface area contributed by atoms with Crippen molar-refractivity contribution in [1.29, 1.82) is 0 Å². The third kappa shape index (κ3) is 7.35. The number of alkyl halides is 3. The number of nitrogens with zero attached hydrogens (tertiary/aromatic N) is 1. The predicted octanol–water partition coefficient (Wildman–Crippen LogP) is 4.62. The van der Waals surface area contributed by atoms with E-state index in [4.69, 9.17) is 0 Å². The molecular formula is C27H35F5N3O5P. The zero-order valence-electron chi connectivity index (χ0n) is 23.1. The van der Waals surface area contributed by atoms with Crippen molar-refractivity contribution in [3.63, 3.8) is 0 Å². The van der Waals surface area contributed by atoms with Crippen LogP contribution in [-0.2, 0) is 25.1 Å². The van der Waals surface area contributed by atoms with Gasteiger partial charge in [-0.2, -0.15) is 13.2 Å². The molecule has 2 fully saturated rings. The van der Waals surface area contributed by atoms with E-state index in [0.29, 0.717) is 6.42 Å². The first-order valence-corrected chi connectivity index (χ1v) is 15.0. The number of amides is 3. The largest absolute Gasteiger partial charge is 0.389 e. The Morgan fingerprint density at radius 1 is 1.22 bits per heavy atom. The number of halogens is 5. The molecule has 1 aliphatic heterocycles. The molecule has 1 saturated carbocycles. The molecular weight excluding hydrogens is 572 g/mol. The lowest BCUT2D eigenvalue weighted by Crippen LogP contribution is -2.58. The van der Waals surface area contributed by atoms with E-state index < -0.39 is 96.2 Å². The lowest BCUT2D eigenvalue weighted by Gasteiger charge is -2.36. The molecule has 3 N–H and O–H groups in total. The molecule has 0 radical (unpaired) electrons. The van der Waals surface area contributed by atoms with Gasteiger partial charge < -0.3 is 20.4 Å². The molecule has 0 aromatic heterocycles. The molecule has 5 atom stereocenters. The van der Waals surface area contributed by atoms with Gasteiger partial charge >= 0.3 is 6.18 Å². The maximum absolute atomic E-state index is 14.3. The van der Waals surface area contributed by atoms with Crippen LogP contribution in [0.25, 0.3) is 0 Å². The Hall–Kier alpha value is -2.79. The van der Waals surface area contributed by atoms with Crippen molar-refractivity contribution in [3.8, 4) is 0 Å². The minimum atomic E-state index is -4.55. The second-order valence-corrected chi connectivity index (χ2v) is 14.2. The highest BCUT2D eigenvalue weighted by atomic mass is 31.2. The second-order valence-electron chi connectivity index (χ2n) is 11.7. The van der Waals surface area contributed by atoms with Gasteiger partial charge in [0.25, 0.3) is 0 Å². The van der Waals surface area contributed by atoms with Gasteiger partial charge in [-0.3, -0.25) is 18.9 Å². The fourth-order valence-corrected chi connectivity index (χ4v) is 7.53. The van der Waals surface area contributed by atoms with Crippen LogP contribution in [0.2, 0.25) is 0 Å². The molecule has 0 spiro atoms. The van der Waals surface area contributed by atoms with E-state index >= 15 is 0 Å². The summed E-state index contributed by atoms with van der Waals surface area (Å²) >= 11 is 0. The van der Waals surface area contributed by atoms with Gasteiger partial charge in [-0.1, -0.05) is 32.9 Å². The van der Waals surface area contributed by atoms with Gasteiger partial charge in [0, 0.05) is 24.4 Å². The first kappa shape index (κ1) is 32.7. The summed E-state index contributed by atoms with van der Waals surface area (Å²) in [6.07, 6.45) is -5.73. The normalized spacial score (nSPS) is 24.8. The molecule has 0 bridgehead atoms. The highest BCUT2D eigenvalue weighted by Gasteiger charge is 2.65. The van der Waals surface area contributed by atoms with Gasteiger partial charge in [0.2, 0.25) is 25.1 Å². The van der Waals surface area contributed by atoms with Crippen molar-refractivity contribution >= 4 is 25.1 Å². The lowest BCUT2D eigenvalue weighted by molar-refractivity contribution is -0.148. The van der Waals surface area contributed by atoms with Gasteiger partial charge in [-0.05, 0) is 36.8 Å². The highest BCUT2D eigenvalue weighted by molar-refractivity contribution is 7.59. The summed E-state index contributed by atoms with van der Waals surface area (Å²) in [6, 6.07) is 0.675. The van der Waals surface area contributed by atoms with E-state index in [1.165, 1.54) is 11.0 Å². The molecule has 41 heavy (non-hydrogen) atoms. The molecule has 2 aliphatic rings. The van der Waals surface area contributed by atoms with E-state index in [1.807, 2.05) is 0 Å². The van der Waals surface area contributed by atoms with Crippen LogP contribution < -0.4 is 10.6 Å². The third-order valence-corrected chi connectivity index (χ3v) is 10.2. The topological polar surface area (TPSA) is 116 Å². The zero-order valence-corrected chi connectivity index (χ0v) is 24.0. The second kappa shape index (κ2) is 11.8. The first-order chi connectivity index (χ1) is 18.8. The summed E-state index contributed by atoms with van der Waals surface area (Å²) in [5.41, 5.74) is -1.51. The van der Waals surface area contributed by atoms with Gasteiger partial charge in [-0.25, -0.2) is 8.78 Å². The standard InChI is InChI=1S/C27H35F5N3O5P/c1-5-16-14-26(16,41(39,40)15-17-18(28)8-6-9-19(17)29)34-23(37)20-10-7-13-35(20)24(38)22(25(2,3)4)33-21(36)11-12-27(30,31)32/h5-6,8-9,16,20,22H,1,7,10-15H2,2-4H3,(H,33,36)(H,34,37)(H,39,40)/t16-,20+,22-,26+/m1/s1. The molecule has 8 nitrogen and oxygen atoms in total. The summed E-state index contributed by atoms with van der Waals surface area (Å²) in [7, 11) is -4.49. The van der Waals surface area contributed by atoms with Crippen molar-refractivity contribution in [2.24, 2.45) is 11.3 Å². The van der Waals surface area contributed by atoms with Crippen LogP contribution >= 0.6 is 7.37 Å². The summed E-state index contributed by atoms with van der Waals surface area (Å²) in [4.78, 5) is 51.6. The number of rotatable bonds is 10. The Morgan fingerprint density at radius 3 is 2.34 bits per heavy atom. The van der Waals surface area contributed by atoms with Crippen LogP contribution in [0.1, 0.15) is 58.4 Å². The minimum Gasteiger partial charge on any atom is -0.344 e. The molecule has 1 aliphatic carbocycles. The van der Waals surface area contributed by atoms with Gasteiger partial charge in [0.15, 0.2) is 0 Å². The van der Waals surface area contributed by atoms with Crippen LogP contribution in [0.4, 0.5) is 22.0 Å². The summed E-state index contributed by atoms with van der Waals surface area (Å²) < 4.78 is 79.9. The number of carbonyl (C=O) groups excluding carboxylic acids is 3. The number of hydrogen-bond donors (Lipinski definition) is 3. The summed E-state index contributed by atoms with van der Waals surface area (Å²) in [5.74, 6) is -5.09. The van der Waals surface area contributed by atoms with E-state index in [9.17, 15) is 45.8 Å². The van der Waals surface area contributed by atoms with E-state index in [0.717, 1.165) is 18.2 Å². The SMILES string of the molecule is C=C[C@@H]1C[C@]1(NC(=O)[C@@H]1CCCN1C(=O)[C@@H](NC(=O)CCC(F)(F)F)C(C)(C)C)P(=O)(O)Cc1c(F)cccc1F. The molecule has 1 saturated heterocycles. The Morgan fingerprint density at radius 2 is 1.83 bits per heavy atom. The number of benzene rings is 1. The molecule has 1 aromatic rings. The number of likely N-dealkylation sites (tertiary alicyclic amines) is 1. The van der Waals surface area contributed by atoms with Crippen molar-refractivity contribution < 1.29 is 45.8 Å². The molecule has 228 valence electrons. The van der Waals surface area contributed by atoms with Gasteiger partial charge in [0.05, 0.1) is 12.6 Å². The fourth-order valence-electron chi connectivity index (χ4n) is 5.13. The Bertz CT molecular complexity index is 1230. The lowest BCUT2D eigenvalue weighted by atomic mass is 9.85. The Balaban J connectivity index is 1.80.